The van der Waals surface area contributed by atoms with Crippen molar-refractivity contribution in [3.8, 4) is 5.75 Å². The van der Waals surface area contributed by atoms with Crippen LogP contribution in [0.25, 0.3) is 0 Å². The van der Waals surface area contributed by atoms with Crippen molar-refractivity contribution in [2.24, 2.45) is 0 Å². The van der Waals surface area contributed by atoms with Crippen LogP contribution >= 0.6 is 0 Å². The number of hydrogen-bond donors (Lipinski definition) is 1. The van der Waals surface area contributed by atoms with Gasteiger partial charge >= 0.3 is 0 Å². The SMILES string of the molecule is Cc1cccc([C@H]2c3cc(O[C@H](C)C(=O)NCc4ccco4)ccc3CCN2C(=O)c2ccccc2)c1. The molecule has 5 rings (SSSR count). The molecule has 3 aromatic carbocycles. The second kappa shape index (κ2) is 10.7. The first-order chi connectivity index (χ1) is 18.0. The highest BCUT2D eigenvalue weighted by molar-refractivity contribution is 5.95. The summed E-state index contributed by atoms with van der Waals surface area (Å²) in [6, 6.07) is 26.9. The van der Waals surface area contributed by atoms with Gasteiger partial charge in [-0.2, -0.15) is 0 Å². The second-order valence-corrected chi connectivity index (χ2v) is 9.35. The topological polar surface area (TPSA) is 71.8 Å². The molecule has 0 saturated carbocycles. The van der Waals surface area contributed by atoms with E-state index in [0.29, 0.717) is 30.2 Å². The molecule has 2 atom stereocenters. The van der Waals surface area contributed by atoms with Gasteiger partial charge in [-0.25, -0.2) is 0 Å². The van der Waals surface area contributed by atoms with Crippen molar-refractivity contribution in [1.29, 1.82) is 0 Å². The summed E-state index contributed by atoms with van der Waals surface area (Å²) in [5.41, 5.74) is 5.03. The Kier molecular flexibility index (Phi) is 7.08. The predicted molar refractivity (Wildman–Crippen MR) is 141 cm³/mol. The number of fused-ring (bicyclic) bond motifs is 1. The quantitative estimate of drug-likeness (QED) is 0.370. The van der Waals surface area contributed by atoms with Gasteiger partial charge in [0.2, 0.25) is 0 Å². The lowest BCUT2D eigenvalue weighted by molar-refractivity contribution is -0.127. The lowest BCUT2D eigenvalue weighted by Crippen LogP contribution is -2.40. The summed E-state index contributed by atoms with van der Waals surface area (Å²) in [4.78, 5) is 28.2. The third kappa shape index (κ3) is 5.43. The van der Waals surface area contributed by atoms with Crippen LogP contribution in [0.2, 0.25) is 0 Å². The Bertz CT molecular complexity index is 1380. The average molecular weight is 495 g/mol. The number of hydrogen-bond acceptors (Lipinski definition) is 4. The predicted octanol–water partition coefficient (Wildman–Crippen LogP) is 5.46. The zero-order valence-corrected chi connectivity index (χ0v) is 21.0. The van der Waals surface area contributed by atoms with E-state index >= 15 is 0 Å². The minimum atomic E-state index is -0.698. The molecule has 0 spiro atoms. The van der Waals surface area contributed by atoms with Crippen LogP contribution in [0.5, 0.6) is 5.75 Å². The van der Waals surface area contributed by atoms with Crippen molar-refractivity contribution >= 4 is 11.8 Å². The highest BCUT2D eigenvalue weighted by atomic mass is 16.5. The van der Waals surface area contributed by atoms with E-state index < -0.39 is 6.10 Å². The van der Waals surface area contributed by atoms with Crippen molar-refractivity contribution < 1.29 is 18.7 Å². The van der Waals surface area contributed by atoms with Gasteiger partial charge < -0.3 is 19.4 Å². The van der Waals surface area contributed by atoms with Crippen LogP contribution in [0.4, 0.5) is 0 Å². The van der Waals surface area contributed by atoms with Crippen molar-refractivity contribution in [3.05, 3.63) is 125 Å². The normalized spacial score (nSPS) is 15.5. The Labute approximate surface area is 216 Å². The smallest absolute Gasteiger partial charge is 0.261 e. The zero-order chi connectivity index (χ0) is 25.8. The number of amides is 2. The standard InChI is InChI=1S/C31H30N2O4/c1-21-8-6-11-25(18-21)29-28-19-26(37-22(2)30(34)32-20-27-12-7-17-36-27)14-13-23(28)15-16-33(29)31(35)24-9-4-3-5-10-24/h3-14,17-19,22,29H,15-16,20H2,1-2H3,(H,32,34)/t22-,29+/m1/s1. The van der Waals surface area contributed by atoms with Gasteiger partial charge in [-0.3, -0.25) is 9.59 Å². The monoisotopic (exact) mass is 494 g/mol. The van der Waals surface area contributed by atoms with Crippen LogP contribution < -0.4 is 10.1 Å². The first kappa shape index (κ1) is 24.4. The van der Waals surface area contributed by atoms with E-state index in [2.05, 4.69) is 30.4 Å². The number of aryl methyl sites for hydroxylation is 1. The lowest BCUT2D eigenvalue weighted by atomic mass is 9.87. The minimum absolute atomic E-state index is 0.00486. The molecule has 1 aromatic heterocycles. The molecule has 1 aliphatic heterocycles. The number of rotatable bonds is 7. The van der Waals surface area contributed by atoms with Crippen LogP contribution in [-0.4, -0.2) is 29.4 Å². The van der Waals surface area contributed by atoms with Crippen LogP contribution in [0.3, 0.4) is 0 Å². The summed E-state index contributed by atoms with van der Waals surface area (Å²) in [6.45, 7) is 4.69. The van der Waals surface area contributed by atoms with E-state index in [1.807, 2.05) is 65.6 Å². The van der Waals surface area contributed by atoms with E-state index in [0.717, 1.165) is 23.1 Å². The fourth-order valence-corrected chi connectivity index (χ4v) is 4.82. The average Bonchev–Trinajstić information content (AvgIpc) is 3.45. The van der Waals surface area contributed by atoms with Gasteiger partial charge in [0.15, 0.2) is 6.10 Å². The van der Waals surface area contributed by atoms with E-state index in [-0.39, 0.29) is 17.9 Å². The summed E-state index contributed by atoms with van der Waals surface area (Å²) < 4.78 is 11.3. The molecule has 1 aliphatic rings. The molecule has 37 heavy (non-hydrogen) atoms. The Balaban J connectivity index is 1.43. The molecule has 2 heterocycles. The number of furan rings is 1. The van der Waals surface area contributed by atoms with Gasteiger partial charge in [0.25, 0.3) is 11.8 Å². The first-order valence-electron chi connectivity index (χ1n) is 12.5. The van der Waals surface area contributed by atoms with Crippen LogP contribution in [0, 0.1) is 6.92 Å². The summed E-state index contributed by atoms with van der Waals surface area (Å²) in [6.07, 6.45) is 1.62. The number of carbonyl (C=O) groups excluding carboxylic acids is 2. The van der Waals surface area contributed by atoms with Gasteiger partial charge in [-0.1, -0.05) is 54.1 Å². The van der Waals surface area contributed by atoms with Crippen LogP contribution in [-0.2, 0) is 17.8 Å². The number of carbonyl (C=O) groups is 2. The summed E-state index contributed by atoms with van der Waals surface area (Å²) in [5, 5.41) is 2.84. The zero-order valence-electron chi connectivity index (χ0n) is 21.0. The van der Waals surface area contributed by atoms with E-state index in [9.17, 15) is 9.59 Å². The van der Waals surface area contributed by atoms with E-state index in [1.54, 1.807) is 19.3 Å². The fourth-order valence-electron chi connectivity index (χ4n) is 4.82. The summed E-state index contributed by atoms with van der Waals surface area (Å²) in [5.74, 6) is 1.03. The Hall–Kier alpha value is -4.32. The largest absolute Gasteiger partial charge is 0.481 e. The van der Waals surface area contributed by atoms with Gasteiger partial charge in [0.1, 0.15) is 11.5 Å². The molecule has 0 unspecified atom stereocenters. The molecule has 0 radical (unpaired) electrons. The number of nitrogens with one attached hydrogen (secondary N) is 1. The number of nitrogens with zero attached hydrogens (tertiary/aromatic N) is 1. The lowest BCUT2D eigenvalue weighted by Gasteiger charge is -2.38. The van der Waals surface area contributed by atoms with Gasteiger partial charge in [0.05, 0.1) is 18.8 Å². The summed E-state index contributed by atoms with van der Waals surface area (Å²) >= 11 is 0. The molecule has 0 aliphatic carbocycles. The number of benzene rings is 3. The Morgan fingerprint density at radius 3 is 2.62 bits per heavy atom. The van der Waals surface area contributed by atoms with Gasteiger partial charge in [0, 0.05) is 12.1 Å². The maximum atomic E-state index is 13.6. The van der Waals surface area contributed by atoms with Crippen LogP contribution in [0.1, 0.15) is 51.3 Å². The van der Waals surface area contributed by atoms with Gasteiger partial charge in [-0.05, 0) is 73.4 Å². The molecule has 0 bridgehead atoms. The van der Waals surface area contributed by atoms with E-state index in [4.69, 9.17) is 9.15 Å². The van der Waals surface area contributed by atoms with E-state index in [1.165, 1.54) is 5.56 Å². The molecule has 6 nitrogen and oxygen atoms in total. The Morgan fingerprint density at radius 1 is 1.03 bits per heavy atom. The minimum Gasteiger partial charge on any atom is -0.481 e. The Morgan fingerprint density at radius 2 is 1.86 bits per heavy atom. The molecule has 0 saturated heterocycles. The maximum Gasteiger partial charge on any atom is 0.261 e. The molecule has 6 heteroatoms. The fraction of sp³-hybridized carbons (Fsp3) is 0.226. The first-order valence-corrected chi connectivity index (χ1v) is 12.5. The molecule has 4 aromatic rings. The third-order valence-electron chi connectivity index (χ3n) is 6.68. The van der Waals surface area contributed by atoms with Crippen molar-refractivity contribution in [2.45, 2.75) is 39.0 Å². The molecular weight excluding hydrogens is 464 g/mol. The van der Waals surface area contributed by atoms with Crippen LogP contribution in [0.15, 0.2) is 95.6 Å². The highest BCUT2D eigenvalue weighted by Gasteiger charge is 2.33. The maximum absolute atomic E-state index is 13.6. The molecular formula is C31H30N2O4. The molecule has 188 valence electrons. The third-order valence-corrected chi connectivity index (χ3v) is 6.68. The van der Waals surface area contributed by atoms with Crippen molar-refractivity contribution in [1.82, 2.24) is 10.2 Å². The molecule has 2 amide bonds. The molecule has 0 fully saturated rings. The molecule has 1 N–H and O–H groups in total. The van der Waals surface area contributed by atoms with Crippen molar-refractivity contribution in [2.75, 3.05) is 6.54 Å². The van der Waals surface area contributed by atoms with Gasteiger partial charge in [-0.15, -0.1) is 0 Å². The highest BCUT2D eigenvalue weighted by Crippen LogP contribution is 2.38. The number of ether oxygens (including phenoxy) is 1. The second-order valence-electron chi connectivity index (χ2n) is 9.35. The summed E-state index contributed by atoms with van der Waals surface area (Å²) in [7, 11) is 0. The van der Waals surface area contributed by atoms with Crippen molar-refractivity contribution in [3.63, 3.8) is 0 Å².